The van der Waals surface area contributed by atoms with E-state index >= 15 is 0 Å². The van der Waals surface area contributed by atoms with Crippen molar-refractivity contribution in [1.29, 1.82) is 0 Å². The Bertz CT molecular complexity index is 379. The van der Waals surface area contributed by atoms with Crippen molar-refractivity contribution in [3.8, 4) is 0 Å². The van der Waals surface area contributed by atoms with Crippen molar-refractivity contribution in [1.82, 2.24) is 5.43 Å². The van der Waals surface area contributed by atoms with Crippen LogP contribution >= 0.6 is 15.9 Å². The highest BCUT2D eigenvalue weighted by molar-refractivity contribution is 9.10. The summed E-state index contributed by atoms with van der Waals surface area (Å²) in [6.45, 7) is 2.13. The Kier molecular flexibility index (Phi) is 3.62. The highest BCUT2D eigenvalue weighted by atomic mass is 79.9. The van der Waals surface area contributed by atoms with Gasteiger partial charge in [0.2, 0.25) is 0 Å². The minimum Gasteiger partial charge on any atom is -0.271 e. The number of hydrogen-bond donors (Lipinski definition) is 2. The standard InChI is InChI=1S/C12H16BrFN2/c1-7(8-2-3-8)12(16-15)10-6-9(13)4-5-11(10)14/h4-8,12,16H,2-3,15H2,1H3. The predicted octanol–water partition coefficient (Wildman–Crippen LogP) is 3.14. The van der Waals surface area contributed by atoms with Crippen molar-refractivity contribution in [2.45, 2.75) is 25.8 Å². The van der Waals surface area contributed by atoms with Crippen LogP contribution in [0.25, 0.3) is 0 Å². The van der Waals surface area contributed by atoms with Crippen molar-refractivity contribution in [3.05, 3.63) is 34.1 Å². The van der Waals surface area contributed by atoms with Gasteiger partial charge in [0.1, 0.15) is 5.82 Å². The quantitative estimate of drug-likeness (QED) is 0.659. The summed E-state index contributed by atoms with van der Waals surface area (Å²) in [4.78, 5) is 0. The number of benzene rings is 1. The molecule has 0 aliphatic heterocycles. The molecule has 0 radical (unpaired) electrons. The summed E-state index contributed by atoms with van der Waals surface area (Å²) in [5.41, 5.74) is 3.40. The third-order valence-corrected chi connectivity index (χ3v) is 3.86. The Hall–Kier alpha value is -0.450. The first-order valence-corrected chi connectivity index (χ1v) is 6.34. The van der Waals surface area contributed by atoms with Gasteiger partial charge in [-0.15, -0.1) is 0 Å². The van der Waals surface area contributed by atoms with E-state index in [1.165, 1.54) is 18.9 Å². The topological polar surface area (TPSA) is 38.0 Å². The van der Waals surface area contributed by atoms with Gasteiger partial charge in [-0.3, -0.25) is 11.3 Å². The molecule has 1 saturated carbocycles. The van der Waals surface area contributed by atoms with Gasteiger partial charge >= 0.3 is 0 Å². The van der Waals surface area contributed by atoms with E-state index in [2.05, 4.69) is 28.3 Å². The molecule has 0 aromatic heterocycles. The van der Waals surface area contributed by atoms with Crippen molar-refractivity contribution in [2.24, 2.45) is 17.7 Å². The van der Waals surface area contributed by atoms with Crippen LogP contribution in [0.5, 0.6) is 0 Å². The van der Waals surface area contributed by atoms with Crippen LogP contribution in [0.2, 0.25) is 0 Å². The van der Waals surface area contributed by atoms with Crippen LogP contribution in [0.4, 0.5) is 4.39 Å². The number of halogens is 2. The van der Waals surface area contributed by atoms with E-state index in [1.54, 1.807) is 12.1 Å². The molecule has 1 aromatic carbocycles. The van der Waals surface area contributed by atoms with Gasteiger partial charge in [-0.1, -0.05) is 22.9 Å². The van der Waals surface area contributed by atoms with Crippen LogP contribution < -0.4 is 11.3 Å². The molecule has 1 aromatic rings. The van der Waals surface area contributed by atoms with Gasteiger partial charge in [-0.05, 0) is 42.9 Å². The number of rotatable bonds is 4. The fourth-order valence-corrected chi connectivity index (χ4v) is 2.55. The molecule has 16 heavy (non-hydrogen) atoms. The van der Waals surface area contributed by atoms with Crippen molar-refractivity contribution in [2.75, 3.05) is 0 Å². The smallest absolute Gasteiger partial charge is 0.128 e. The molecule has 0 amide bonds. The molecule has 0 spiro atoms. The Labute approximate surface area is 104 Å². The monoisotopic (exact) mass is 286 g/mol. The van der Waals surface area contributed by atoms with Crippen LogP contribution in [0, 0.1) is 17.7 Å². The fraction of sp³-hybridized carbons (Fsp3) is 0.500. The average molecular weight is 287 g/mol. The molecule has 2 nitrogen and oxygen atoms in total. The summed E-state index contributed by atoms with van der Waals surface area (Å²) >= 11 is 3.36. The number of nitrogens with one attached hydrogen (secondary N) is 1. The van der Waals surface area contributed by atoms with E-state index in [-0.39, 0.29) is 11.9 Å². The zero-order valence-electron chi connectivity index (χ0n) is 9.21. The van der Waals surface area contributed by atoms with Crippen LogP contribution in [0.15, 0.2) is 22.7 Å². The second kappa shape index (κ2) is 4.82. The van der Waals surface area contributed by atoms with Gasteiger partial charge in [0.15, 0.2) is 0 Å². The van der Waals surface area contributed by atoms with E-state index in [1.807, 2.05) is 0 Å². The fourth-order valence-electron chi connectivity index (χ4n) is 2.17. The van der Waals surface area contributed by atoms with Gasteiger partial charge < -0.3 is 0 Å². The van der Waals surface area contributed by atoms with Crippen LogP contribution in [-0.4, -0.2) is 0 Å². The van der Waals surface area contributed by atoms with E-state index in [9.17, 15) is 4.39 Å². The van der Waals surface area contributed by atoms with Crippen LogP contribution in [-0.2, 0) is 0 Å². The molecule has 3 N–H and O–H groups in total. The summed E-state index contributed by atoms with van der Waals surface area (Å²) < 4.78 is 14.6. The zero-order valence-corrected chi connectivity index (χ0v) is 10.8. The Morgan fingerprint density at radius 3 is 2.75 bits per heavy atom. The highest BCUT2D eigenvalue weighted by Gasteiger charge is 2.34. The minimum absolute atomic E-state index is 0.106. The molecule has 0 heterocycles. The van der Waals surface area contributed by atoms with E-state index in [4.69, 9.17) is 5.84 Å². The van der Waals surface area contributed by atoms with Crippen molar-refractivity contribution in [3.63, 3.8) is 0 Å². The maximum Gasteiger partial charge on any atom is 0.128 e. The SMILES string of the molecule is CC(C1CC1)C(NN)c1cc(Br)ccc1F. The van der Waals surface area contributed by atoms with Crippen molar-refractivity contribution < 1.29 is 4.39 Å². The largest absolute Gasteiger partial charge is 0.271 e. The average Bonchev–Trinajstić information content (AvgIpc) is 3.07. The molecule has 1 fully saturated rings. The van der Waals surface area contributed by atoms with E-state index in [0.29, 0.717) is 17.4 Å². The molecule has 0 bridgehead atoms. The molecule has 1 aliphatic carbocycles. The first-order valence-electron chi connectivity index (χ1n) is 5.54. The number of hydrazine groups is 1. The third-order valence-electron chi connectivity index (χ3n) is 3.36. The predicted molar refractivity (Wildman–Crippen MR) is 66.1 cm³/mol. The molecule has 2 unspecified atom stereocenters. The number of hydrogen-bond acceptors (Lipinski definition) is 2. The van der Waals surface area contributed by atoms with Gasteiger partial charge in [0.05, 0.1) is 6.04 Å². The van der Waals surface area contributed by atoms with Gasteiger partial charge in [-0.25, -0.2) is 4.39 Å². The second-order valence-corrected chi connectivity index (χ2v) is 5.42. The molecule has 1 aliphatic rings. The molecule has 4 heteroatoms. The normalized spacial score (nSPS) is 19.5. The Balaban J connectivity index is 2.27. The summed E-state index contributed by atoms with van der Waals surface area (Å²) in [6.07, 6.45) is 2.46. The van der Waals surface area contributed by atoms with Gasteiger partial charge in [-0.2, -0.15) is 0 Å². The molecular formula is C12H16BrFN2. The maximum absolute atomic E-state index is 13.7. The zero-order chi connectivity index (χ0) is 11.7. The Morgan fingerprint density at radius 1 is 1.50 bits per heavy atom. The van der Waals surface area contributed by atoms with Crippen LogP contribution in [0.1, 0.15) is 31.4 Å². The third kappa shape index (κ3) is 2.44. The lowest BCUT2D eigenvalue weighted by atomic mass is 9.91. The minimum atomic E-state index is -0.196. The van der Waals surface area contributed by atoms with Gasteiger partial charge in [0, 0.05) is 10.0 Å². The van der Waals surface area contributed by atoms with E-state index in [0.717, 1.165) is 4.47 Å². The summed E-state index contributed by atoms with van der Waals surface area (Å²) in [7, 11) is 0. The first kappa shape index (κ1) is 12.0. The lowest BCUT2D eigenvalue weighted by Gasteiger charge is -2.24. The lowest BCUT2D eigenvalue weighted by molar-refractivity contribution is 0.344. The first-order chi connectivity index (χ1) is 7.63. The van der Waals surface area contributed by atoms with Crippen molar-refractivity contribution >= 4 is 15.9 Å². The second-order valence-electron chi connectivity index (χ2n) is 4.51. The molecule has 88 valence electrons. The van der Waals surface area contributed by atoms with Crippen LogP contribution in [0.3, 0.4) is 0 Å². The summed E-state index contributed by atoms with van der Waals surface area (Å²) in [5, 5.41) is 0. The molecular weight excluding hydrogens is 271 g/mol. The summed E-state index contributed by atoms with van der Waals surface area (Å²) in [5.74, 6) is 6.41. The highest BCUT2D eigenvalue weighted by Crippen LogP contribution is 2.43. The van der Waals surface area contributed by atoms with E-state index < -0.39 is 0 Å². The maximum atomic E-state index is 13.7. The molecule has 0 saturated heterocycles. The molecule has 2 rings (SSSR count). The number of nitrogens with two attached hydrogens (primary N) is 1. The van der Waals surface area contributed by atoms with Gasteiger partial charge in [0.25, 0.3) is 0 Å². The molecule has 2 atom stereocenters. The lowest BCUT2D eigenvalue weighted by Crippen LogP contribution is -2.34. The Morgan fingerprint density at radius 2 is 2.19 bits per heavy atom. The summed E-state index contributed by atoms with van der Waals surface area (Å²) in [6, 6.07) is 4.88.